The molecule has 0 unspecified atom stereocenters. The van der Waals surface area contributed by atoms with Crippen LogP contribution < -0.4 is 11.1 Å². The summed E-state index contributed by atoms with van der Waals surface area (Å²) in [5, 5.41) is 6.62. The van der Waals surface area contributed by atoms with Crippen molar-refractivity contribution in [1.82, 2.24) is 25.1 Å². The van der Waals surface area contributed by atoms with Crippen LogP contribution in [0.4, 0.5) is 10.2 Å². The van der Waals surface area contributed by atoms with Crippen LogP contribution >= 0.6 is 11.6 Å². The van der Waals surface area contributed by atoms with Crippen molar-refractivity contribution in [2.75, 3.05) is 5.73 Å². The number of amides is 1. The van der Waals surface area contributed by atoms with E-state index >= 15 is 0 Å². The first-order valence-corrected chi connectivity index (χ1v) is 7.28. The summed E-state index contributed by atoms with van der Waals surface area (Å²) < 4.78 is 14.3. The van der Waals surface area contributed by atoms with Gasteiger partial charge in [0, 0.05) is 18.9 Å². The van der Waals surface area contributed by atoms with Gasteiger partial charge in [0.25, 0.3) is 5.91 Å². The maximum Gasteiger partial charge on any atom is 0.274 e. The molecule has 0 atom stereocenters. The lowest BCUT2D eigenvalue weighted by Crippen LogP contribution is -2.26. The van der Waals surface area contributed by atoms with Crippen molar-refractivity contribution in [3.05, 3.63) is 65.0 Å². The molecule has 0 aliphatic rings. The molecule has 0 spiro atoms. The van der Waals surface area contributed by atoms with E-state index < -0.39 is 5.91 Å². The molecule has 0 aliphatic carbocycles. The normalized spacial score (nSPS) is 10.6. The molecule has 2 aromatic heterocycles. The first-order valence-electron chi connectivity index (χ1n) is 6.90. The van der Waals surface area contributed by atoms with Crippen molar-refractivity contribution < 1.29 is 9.18 Å². The summed E-state index contributed by atoms with van der Waals surface area (Å²) in [6.45, 7) is 0.193. The van der Waals surface area contributed by atoms with Crippen molar-refractivity contribution in [3.8, 4) is 5.82 Å². The van der Waals surface area contributed by atoms with E-state index in [-0.39, 0.29) is 34.8 Å². The Kier molecular flexibility index (Phi) is 4.39. The summed E-state index contributed by atoms with van der Waals surface area (Å²) in [6.07, 6.45) is 3.18. The Labute approximate surface area is 141 Å². The highest BCUT2D eigenvalue weighted by Gasteiger charge is 2.17. The molecule has 2 heterocycles. The third-order valence-corrected chi connectivity index (χ3v) is 3.42. The van der Waals surface area contributed by atoms with Gasteiger partial charge in [-0.15, -0.1) is 0 Å². The third-order valence-electron chi connectivity index (χ3n) is 3.17. The highest BCUT2D eigenvalue weighted by Crippen LogP contribution is 2.19. The first-order chi connectivity index (χ1) is 11.5. The predicted octanol–water partition coefficient (Wildman–Crippen LogP) is 1.97. The van der Waals surface area contributed by atoms with Gasteiger partial charge < -0.3 is 11.1 Å². The number of nitrogens with zero attached hydrogens (tertiary/aromatic N) is 4. The monoisotopic (exact) mass is 346 g/mol. The van der Waals surface area contributed by atoms with Gasteiger partial charge in [-0.3, -0.25) is 4.79 Å². The number of hydrogen-bond acceptors (Lipinski definition) is 5. The number of hydrogen-bond donors (Lipinski definition) is 2. The lowest BCUT2D eigenvalue weighted by atomic mass is 10.2. The smallest absolute Gasteiger partial charge is 0.274 e. The minimum atomic E-state index is -0.529. The highest BCUT2D eigenvalue weighted by molar-refractivity contribution is 6.31. The fourth-order valence-electron chi connectivity index (χ4n) is 1.99. The van der Waals surface area contributed by atoms with Gasteiger partial charge in [0.2, 0.25) is 0 Å². The Bertz CT molecular complexity index is 866. The Balaban J connectivity index is 1.77. The van der Waals surface area contributed by atoms with Crippen molar-refractivity contribution in [2.24, 2.45) is 0 Å². The lowest BCUT2D eigenvalue weighted by Gasteiger charge is -2.09. The molecule has 1 aromatic carbocycles. The van der Waals surface area contributed by atoms with Gasteiger partial charge in [-0.1, -0.05) is 23.7 Å². The van der Waals surface area contributed by atoms with E-state index in [2.05, 4.69) is 20.4 Å². The van der Waals surface area contributed by atoms with Gasteiger partial charge in [0.1, 0.15) is 5.82 Å². The topological polar surface area (TPSA) is 98.7 Å². The fraction of sp³-hybridized carbons (Fsp3) is 0.0667. The molecule has 24 heavy (non-hydrogen) atoms. The average Bonchev–Trinajstić information content (AvgIpc) is 3.10. The second-order valence-electron chi connectivity index (χ2n) is 4.83. The van der Waals surface area contributed by atoms with Crippen LogP contribution in [-0.4, -0.2) is 25.7 Å². The Morgan fingerprint density at radius 3 is 2.71 bits per heavy atom. The zero-order valence-corrected chi connectivity index (χ0v) is 13.0. The van der Waals surface area contributed by atoms with Crippen LogP contribution in [-0.2, 0) is 6.54 Å². The van der Waals surface area contributed by atoms with Crippen LogP contribution in [0.1, 0.15) is 16.1 Å². The van der Waals surface area contributed by atoms with E-state index in [0.717, 1.165) is 5.56 Å². The van der Waals surface area contributed by atoms with Crippen LogP contribution in [0.2, 0.25) is 5.15 Å². The molecule has 9 heteroatoms. The summed E-state index contributed by atoms with van der Waals surface area (Å²) in [4.78, 5) is 20.3. The van der Waals surface area contributed by atoms with Gasteiger partial charge in [-0.2, -0.15) is 5.10 Å². The number of aromatic nitrogens is 4. The maximum absolute atomic E-state index is 12.9. The molecule has 0 saturated heterocycles. The number of nitrogens with two attached hydrogens (primary N) is 1. The molecule has 1 amide bonds. The second kappa shape index (κ2) is 6.63. The highest BCUT2D eigenvalue weighted by atomic mass is 35.5. The van der Waals surface area contributed by atoms with E-state index in [0.29, 0.717) is 0 Å². The number of carbonyl (C=O) groups is 1. The summed E-state index contributed by atoms with van der Waals surface area (Å²) >= 11 is 6.06. The molecule has 0 aliphatic heterocycles. The molecule has 0 saturated carbocycles. The number of halogens is 2. The summed E-state index contributed by atoms with van der Waals surface area (Å²) in [5.41, 5.74) is 6.45. The van der Waals surface area contributed by atoms with Crippen molar-refractivity contribution in [3.63, 3.8) is 0 Å². The molecule has 122 valence electrons. The van der Waals surface area contributed by atoms with Crippen LogP contribution in [0.25, 0.3) is 5.82 Å². The van der Waals surface area contributed by atoms with Crippen LogP contribution in [0.15, 0.2) is 42.7 Å². The van der Waals surface area contributed by atoms with E-state index in [1.807, 2.05) is 0 Å². The Hall–Kier alpha value is -3.00. The molecule has 7 nitrogen and oxygen atoms in total. The van der Waals surface area contributed by atoms with E-state index in [4.69, 9.17) is 17.3 Å². The SMILES string of the molecule is Nc1nc(-n2cccn2)c(Cl)nc1C(=O)NCc1ccc(F)cc1. The van der Waals surface area contributed by atoms with Crippen molar-refractivity contribution >= 4 is 23.3 Å². The number of rotatable bonds is 4. The summed E-state index contributed by atoms with van der Waals surface area (Å²) in [5.74, 6) is -0.713. The fourth-order valence-corrected chi connectivity index (χ4v) is 2.21. The number of carbonyl (C=O) groups excluding carboxylic acids is 1. The van der Waals surface area contributed by atoms with Crippen LogP contribution in [0.5, 0.6) is 0 Å². The third kappa shape index (κ3) is 3.33. The molecule has 0 fully saturated rings. The average molecular weight is 347 g/mol. The van der Waals surface area contributed by atoms with Gasteiger partial charge in [0.15, 0.2) is 22.5 Å². The lowest BCUT2D eigenvalue weighted by molar-refractivity contribution is 0.0946. The van der Waals surface area contributed by atoms with E-state index in [9.17, 15) is 9.18 Å². The molecule has 3 N–H and O–H groups in total. The molecular weight excluding hydrogens is 335 g/mol. The number of nitrogens with one attached hydrogen (secondary N) is 1. The largest absolute Gasteiger partial charge is 0.382 e. The first kappa shape index (κ1) is 15.9. The summed E-state index contributed by atoms with van der Waals surface area (Å²) in [6, 6.07) is 7.45. The maximum atomic E-state index is 12.9. The van der Waals surface area contributed by atoms with E-state index in [1.165, 1.54) is 16.8 Å². The number of nitrogen functional groups attached to an aromatic ring is 1. The van der Waals surface area contributed by atoms with Crippen LogP contribution in [0, 0.1) is 5.82 Å². The minimum Gasteiger partial charge on any atom is -0.382 e. The van der Waals surface area contributed by atoms with Crippen LogP contribution in [0.3, 0.4) is 0 Å². The molecule has 3 rings (SSSR count). The molecular formula is C15H12ClFN6O. The summed E-state index contributed by atoms with van der Waals surface area (Å²) in [7, 11) is 0. The number of benzene rings is 1. The van der Waals surface area contributed by atoms with E-state index in [1.54, 1.807) is 30.6 Å². The van der Waals surface area contributed by atoms with Gasteiger partial charge >= 0.3 is 0 Å². The minimum absolute atomic E-state index is 0.000155. The number of anilines is 1. The zero-order chi connectivity index (χ0) is 17.1. The molecule has 0 bridgehead atoms. The molecule has 0 radical (unpaired) electrons. The van der Waals surface area contributed by atoms with Gasteiger partial charge in [-0.05, 0) is 23.8 Å². The Morgan fingerprint density at radius 2 is 2.04 bits per heavy atom. The zero-order valence-electron chi connectivity index (χ0n) is 12.3. The Morgan fingerprint density at radius 1 is 1.29 bits per heavy atom. The molecule has 3 aromatic rings. The van der Waals surface area contributed by atoms with Gasteiger partial charge in [-0.25, -0.2) is 19.0 Å². The quantitative estimate of drug-likeness (QED) is 0.752. The van der Waals surface area contributed by atoms with Crippen molar-refractivity contribution in [1.29, 1.82) is 0 Å². The predicted molar refractivity (Wildman–Crippen MR) is 86.1 cm³/mol. The van der Waals surface area contributed by atoms with Crippen molar-refractivity contribution in [2.45, 2.75) is 6.54 Å². The second-order valence-corrected chi connectivity index (χ2v) is 5.19. The van der Waals surface area contributed by atoms with Gasteiger partial charge in [0.05, 0.1) is 0 Å². The standard InChI is InChI=1S/C15H12ClFN6O/c16-12-14(23-7-1-6-20-23)22-13(18)11(21-12)15(24)19-8-9-2-4-10(17)5-3-9/h1-7H,8H2,(H2,18,22)(H,19,24).